The summed E-state index contributed by atoms with van der Waals surface area (Å²) in [6.45, 7) is 2.63. The van der Waals surface area contributed by atoms with E-state index in [9.17, 15) is 4.79 Å². The summed E-state index contributed by atoms with van der Waals surface area (Å²) in [7, 11) is 0. The molecule has 1 aromatic rings. The van der Waals surface area contributed by atoms with Crippen molar-refractivity contribution in [2.45, 2.75) is 32.2 Å². The van der Waals surface area contributed by atoms with E-state index in [1.54, 1.807) is 0 Å². The number of hydrogen-bond acceptors (Lipinski definition) is 2. The van der Waals surface area contributed by atoms with Crippen LogP contribution in [-0.2, 0) is 4.79 Å². The van der Waals surface area contributed by atoms with Crippen LogP contribution in [0.15, 0.2) is 24.3 Å². The molecule has 2 rings (SSSR count). The zero-order chi connectivity index (χ0) is 11.4. The Bertz CT molecular complexity index is 353. The molecular formula is C13H18N2O. The summed E-state index contributed by atoms with van der Waals surface area (Å²) < 4.78 is 0. The maximum absolute atomic E-state index is 10.9. The number of carbonyl (C=O) groups is 1. The highest BCUT2D eigenvalue weighted by Crippen LogP contribution is 2.23. The molecule has 1 aliphatic rings. The van der Waals surface area contributed by atoms with Gasteiger partial charge in [0.05, 0.1) is 0 Å². The van der Waals surface area contributed by atoms with Crippen LogP contribution in [0, 0.1) is 0 Å². The molecular weight excluding hydrogens is 200 g/mol. The normalized spacial score (nSPS) is 20.4. The fourth-order valence-electron chi connectivity index (χ4n) is 2.14. The van der Waals surface area contributed by atoms with Crippen LogP contribution in [0.3, 0.4) is 0 Å². The fourth-order valence-corrected chi connectivity index (χ4v) is 2.14. The summed E-state index contributed by atoms with van der Waals surface area (Å²) in [4.78, 5) is 10.9. The molecule has 1 saturated heterocycles. The van der Waals surface area contributed by atoms with Crippen molar-refractivity contribution in [2.75, 3.05) is 11.9 Å². The molecule has 0 saturated carbocycles. The number of hydrogen-bond donors (Lipinski definition) is 2. The Kier molecular flexibility index (Phi) is 3.57. The van der Waals surface area contributed by atoms with Gasteiger partial charge in [-0.3, -0.25) is 4.79 Å². The van der Waals surface area contributed by atoms with E-state index < -0.39 is 0 Å². The average Bonchev–Trinajstić information content (AvgIpc) is 2.30. The van der Waals surface area contributed by atoms with Gasteiger partial charge in [-0.15, -0.1) is 0 Å². The second-order valence-electron chi connectivity index (χ2n) is 4.31. The summed E-state index contributed by atoms with van der Waals surface area (Å²) in [5.41, 5.74) is 2.18. The summed E-state index contributed by atoms with van der Waals surface area (Å²) in [5.74, 6) is -0.0245. The highest BCUT2D eigenvalue weighted by Gasteiger charge is 2.13. The lowest BCUT2D eigenvalue weighted by molar-refractivity contribution is -0.114. The summed E-state index contributed by atoms with van der Waals surface area (Å²) >= 11 is 0. The van der Waals surface area contributed by atoms with E-state index in [1.165, 1.54) is 31.7 Å². The summed E-state index contributed by atoms with van der Waals surface area (Å²) in [6, 6.07) is 8.60. The van der Waals surface area contributed by atoms with Crippen LogP contribution in [0.1, 0.15) is 37.8 Å². The summed E-state index contributed by atoms with van der Waals surface area (Å²) in [5, 5.41) is 6.28. The van der Waals surface area contributed by atoms with Crippen LogP contribution in [0.2, 0.25) is 0 Å². The Hall–Kier alpha value is -1.35. The molecule has 1 aliphatic heterocycles. The Balaban J connectivity index is 2.03. The lowest BCUT2D eigenvalue weighted by atomic mass is 9.97. The minimum atomic E-state index is -0.0245. The molecule has 0 aromatic heterocycles. The molecule has 2 N–H and O–H groups in total. The van der Waals surface area contributed by atoms with Crippen molar-refractivity contribution in [2.24, 2.45) is 0 Å². The third-order valence-corrected chi connectivity index (χ3v) is 2.94. The number of anilines is 1. The molecule has 1 fully saturated rings. The van der Waals surface area contributed by atoms with E-state index in [0.29, 0.717) is 6.04 Å². The second kappa shape index (κ2) is 5.12. The number of nitrogens with one attached hydrogen (secondary N) is 2. The molecule has 86 valence electrons. The van der Waals surface area contributed by atoms with Gasteiger partial charge >= 0.3 is 0 Å². The Morgan fingerprint density at radius 1 is 1.31 bits per heavy atom. The molecule has 0 spiro atoms. The third kappa shape index (κ3) is 2.83. The maximum atomic E-state index is 10.9. The van der Waals surface area contributed by atoms with E-state index >= 15 is 0 Å². The van der Waals surface area contributed by atoms with Crippen molar-refractivity contribution < 1.29 is 4.79 Å². The molecule has 3 nitrogen and oxygen atoms in total. The fraction of sp³-hybridized carbons (Fsp3) is 0.462. The predicted octanol–water partition coefficient (Wildman–Crippen LogP) is 2.46. The average molecular weight is 218 g/mol. The number of amides is 1. The summed E-state index contributed by atoms with van der Waals surface area (Å²) in [6.07, 6.45) is 3.78. The quantitative estimate of drug-likeness (QED) is 0.800. The van der Waals surface area contributed by atoms with Crippen molar-refractivity contribution in [1.29, 1.82) is 0 Å². The monoisotopic (exact) mass is 218 g/mol. The van der Waals surface area contributed by atoms with Gasteiger partial charge in [0, 0.05) is 18.7 Å². The molecule has 1 amide bonds. The van der Waals surface area contributed by atoms with E-state index in [1.807, 2.05) is 12.1 Å². The van der Waals surface area contributed by atoms with Crippen molar-refractivity contribution >= 4 is 11.6 Å². The van der Waals surface area contributed by atoms with Gasteiger partial charge < -0.3 is 10.6 Å². The van der Waals surface area contributed by atoms with Gasteiger partial charge in [-0.2, -0.15) is 0 Å². The van der Waals surface area contributed by atoms with Crippen LogP contribution >= 0.6 is 0 Å². The first-order chi connectivity index (χ1) is 7.75. The van der Waals surface area contributed by atoms with E-state index in [2.05, 4.69) is 22.8 Å². The lowest BCUT2D eigenvalue weighted by Gasteiger charge is -2.23. The van der Waals surface area contributed by atoms with Gasteiger partial charge in [-0.05, 0) is 37.1 Å². The molecule has 1 heterocycles. The number of carbonyl (C=O) groups excluding carboxylic acids is 1. The molecule has 1 atom stereocenters. The molecule has 0 radical (unpaired) electrons. The molecule has 0 aliphatic carbocycles. The number of piperidine rings is 1. The molecule has 0 bridgehead atoms. The second-order valence-corrected chi connectivity index (χ2v) is 4.31. The first-order valence-corrected chi connectivity index (χ1v) is 5.86. The zero-order valence-electron chi connectivity index (χ0n) is 9.62. The maximum Gasteiger partial charge on any atom is 0.221 e. The topological polar surface area (TPSA) is 41.1 Å². The van der Waals surface area contributed by atoms with Crippen LogP contribution in [-0.4, -0.2) is 12.5 Å². The minimum absolute atomic E-state index is 0.0245. The van der Waals surface area contributed by atoms with Crippen molar-refractivity contribution in [3.05, 3.63) is 29.8 Å². The van der Waals surface area contributed by atoms with Gasteiger partial charge in [0.2, 0.25) is 5.91 Å². The number of rotatable bonds is 2. The van der Waals surface area contributed by atoms with Crippen molar-refractivity contribution in [3.63, 3.8) is 0 Å². The van der Waals surface area contributed by atoms with Crippen LogP contribution in [0.5, 0.6) is 0 Å². The van der Waals surface area contributed by atoms with Crippen molar-refractivity contribution in [1.82, 2.24) is 5.32 Å². The van der Waals surface area contributed by atoms with Crippen LogP contribution in [0.25, 0.3) is 0 Å². The zero-order valence-corrected chi connectivity index (χ0v) is 9.62. The SMILES string of the molecule is CC(=O)Nc1ccc([C@@H]2CCCCN2)cc1. The Labute approximate surface area is 96.2 Å². The van der Waals surface area contributed by atoms with E-state index in [-0.39, 0.29) is 5.91 Å². The van der Waals surface area contributed by atoms with E-state index in [4.69, 9.17) is 0 Å². The largest absolute Gasteiger partial charge is 0.326 e. The lowest BCUT2D eigenvalue weighted by Crippen LogP contribution is -2.26. The number of benzene rings is 1. The van der Waals surface area contributed by atoms with Gasteiger partial charge in [-0.25, -0.2) is 0 Å². The van der Waals surface area contributed by atoms with Crippen LogP contribution in [0.4, 0.5) is 5.69 Å². The third-order valence-electron chi connectivity index (χ3n) is 2.94. The van der Waals surface area contributed by atoms with E-state index in [0.717, 1.165) is 12.2 Å². The minimum Gasteiger partial charge on any atom is -0.326 e. The molecule has 0 unspecified atom stereocenters. The van der Waals surface area contributed by atoms with Crippen molar-refractivity contribution in [3.8, 4) is 0 Å². The predicted molar refractivity (Wildman–Crippen MR) is 65.3 cm³/mol. The highest BCUT2D eigenvalue weighted by atomic mass is 16.1. The van der Waals surface area contributed by atoms with Gasteiger partial charge in [0.1, 0.15) is 0 Å². The standard InChI is InChI=1S/C13H18N2O/c1-10(16)15-12-7-5-11(6-8-12)13-4-2-3-9-14-13/h5-8,13-14H,2-4,9H2,1H3,(H,15,16)/t13-/m0/s1. The molecule has 1 aromatic carbocycles. The van der Waals surface area contributed by atoms with Gasteiger partial charge in [0.15, 0.2) is 0 Å². The smallest absolute Gasteiger partial charge is 0.221 e. The van der Waals surface area contributed by atoms with Crippen LogP contribution < -0.4 is 10.6 Å². The highest BCUT2D eigenvalue weighted by molar-refractivity contribution is 5.88. The molecule has 16 heavy (non-hydrogen) atoms. The first-order valence-electron chi connectivity index (χ1n) is 5.86. The van der Waals surface area contributed by atoms with Gasteiger partial charge in [0.25, 0.3) is 0 Å². The first kappa shape index (κ1) is 11.1. The Morgan fingerprint density at radius 3 is 2.62 bits per heavy atom. The Morgan fingerprint density at radius 2 is 2.06 bits per heavy atom. The van der Waals surface area contributed by atoms with Gasteiger partial charge in [-0.1, -0.05) is 18.6 Å². The molecule has 3 heteroatoms.